The number of nitrogens with zero attached hydrogens (tertiary/aromatic N) is 4. The zero-order valence-electron chi connectivity index (χ0n) is 14.8. The molecule has 1 amide bonds. The van der Waals surface area contributed by atoms with Crippen LogP contribution in [-0.2, 0) is 24.8 Å². The monoisotopic (exact) mass is 332 g/mol. The lowest BCUT2D eigenvalue weighted by molar-refractivity contribution is -0.00697. The maximum absolute atomic E-state index is 12.5. The molecule has 0 saturated carbocycles. The second-order valence-electron chi connectivity index (χ2n) is 6.63. The van der Waals surface area contributed by atoms with Crippen molar-refractivity contribution in [2.24, 2.45) is 7.05 Å². The van der Waals surface area contributed by atoms with Crippen molar-refractivity contribution in [1.82, 2.24) is 30.3 Å². The van der Waals surface area contributed by atoms with Gasteiger partial charge in [-0.2, -0.15) is 5.10 Å². The van der Waals surface area contributed by atoms with Gasteiger partial charge in [0.25, 0.3) is 5.91 Å². The maximum atomic E-state index is 12.5. The second-order valence-corrected chi connectivity index (χ2v) is 6.63. The van der Waals surface area contributed by atoms with Crippen LogP contribution in [0.2, 0.25) is 0 Å². The van der Waals surface area contributed by atoms with Crippen LogP contribution in [0.1, 0.15) is 73.1 Å². The van der Waals surface area contributed by atoms with Gasteiger partial charge in [-0.25, -0.2) is 0 Å². The Morgan fingerprint density at radius 2 is 2.17 bits per heavy atom. The molecule has 1 aliphatic rings. The summed E-state index contributed by atoms with van der Waals surface area (Å²) < 4.78 is 7.67. The van der Waals surface area contributed by atoms with E-state index in [9.17, 15) is 4.79 Å². The van der Waals surface area contributed by atoms with Gasteiger partial charge in [0, 0.05) is 24.9 Å². The minimum absolute atomic E-state index is 0.0731. The predicted molar refractivity (Wildman–Crippen MR) is 87.5 cm³/mol. The highest BCUT2D eigenvalue weighted by atomic mass is 16.5. The highest BCUT2D eigenvalue weighted by molar-refractivity contribution is 5.94. The van der Waals surface area contributed by atoms with Gasteiger partial charge >= 0.3 is 0 Å². The summed E-state index contributed by atoms with van der Waals surface area (Å²) in [5.74, 6) is 1.70. The largest absolute Gasteiger partial charge is 0.369 e. The van der Waals surface area contributed by atoms with Gasteiger partial charge in [-0.1, -0.05) is 13.8 Å². The van der Waals surface area contributed by atoms with Crippen molar-refractivity contribution in [3.05, 3.63) is 28.6 Å². The van der Waals surface area contributed by atoms with Crippen LogP contribution in [0.3, 0.4) is 0 Å². The number of H-pyrrole nitrogens is 1. The van der Waals surface area contributed by atoms with Crippen molar-refractivity contribution in [3.63, 3.8) is 0 Å². The first-order valence-corrected chi connectivity index (χ1v) is 8.27. The summed E-state index contributed by atoms with van der Waals surface area (Å²) in [7, 11) is 1.91. The lowest BCUT2D eigenvalue weighted by atomic mass is 9.99. The van der Waals surface area contributed by atoms with Crippen LogP contribution in [-0.4, -0.2) is 37.0 Å². The fourth-order valence-corrected chi connectivity index (χ4v) is 3.14. The molecule has 2 aromatic rings. The molecule has 0 aliphatic carbocycles. The van der Waals surface area contributed by atoms with Gasteiger partial charge in [0.15, 0.2) is 11.5 Å². The second kappa shape index (κ2) is 6.35. The van der Waals surface area contributed by atoms with Crippen molar-refractivity contribution in [3.8, 4) is 0 Å². The molecule has 0 unspecified atom stereocenters. The third-order valence-electron chi connectivity index (χ3n) is 4.37. The molecule has 130 valence electrons. The fourth-order valence-electron chi connectivity index (χ4n) is 3.14. The van der Waals surface area contributed by atoms with E-state index in [1.807, 2.05) is 25.5 Å². The molecule has 0 bridgehead atoms. The van der Waals surface area contributed by atoms with Crippen LogP contribution in [0, 0.1) is 0 Å². The molecule has 8 heteroatoms. The van der Waals surface area contributed by atoms with E-state index in [1.165, 1.54) is 0 Å². The average molecular weight is 332 g/mol. The molecule has 0 spiro atoms. The molecule has 2 N–H and O–H groups in total. The minimum atomic E-state index is -0.206. The number of fused-ring (bicyclic) bond motifs is 1. The smallest absolute Gasteiger partial charge is 0.272 e. The van der Waals surface area contributed by atoms with Crippen molar-refractivity contribution >= 4 is 5.91 Å². The Kier molecular flexibility index (Phi) is 4.40. The van der Waals surface area contributed by atoms with Gasteiger partial charge < -0.3 is 14.6 Å². The quantitative estimate of drug-likeness (QED) is 0.886. The van der Waals surface area contributed by atoms with Crippen LogP contribution in [0.25, 0.3) is 0 Å². The molecule has 3 heterocycles. The number of aromatic nitrogens is 5. The van der Waals surface area contributed by atoms with Gasteiger partial charge in [-0.15, -0.1) is 10.2 Å². The van der Waals surface area contributed by atoms with Gasteiger partial charge in [0.05, 0.1) is 24.4 Å². The Morgan fingerprint density at radius 3 is 2.83 bits per heavy atom. The number of aromatic amines is 1. The molecule has 3 rings (SSSR count). The van der Waals surface area contributed by atoms with E-state index < -0.39 is 0 Å². The summed E-state index contributed by atoms with van der Waals surface area (Å²) in [6.45, 7) is 8.40. The molecular weight excluding hydrogens is 308 g/mol. The molecule has 24 heavy (non-hydrogen) atoms. The highest BCUT2D eigenvalue weighted by Crippen LogP contribution is 2.30. The Morgan fingerprint density at radius 1 is 1.42 bits per heavy atom. The van der Waals surface area contributed by atoms with Crippen LogP contribution >= 0.6 is 0 Å². The Bertz CT molecular complexity index is 748. The number of carbonyl (C=O) groups excluding carboxylic acids is 1. The third-order valence-corrected chi connectivity index (χ3v) is 4.37. The molecule has 0 saturated heterocycles. The summed E-state index contributed by atoms with van der Waals surface area (Å²) >= 11 is 0. The zero-order valence-corrected chi connectivity index (χ0v) is 14.8. The summed E-state index contributed by atoms with van der Waals surface area (Å²) in [4.78, 5) is 12.5. The fraction of sp³-hybridized carbons (Fsp3) is 0.625. The number of hydrogen-bond acceptors (Lipinski definition) is 5. The van der Waals surface area contributed by atoms with Crippen LogP contribution in [0.4, 0.5) is 0 Å². The topological polar surface area (TPSA) is 97.7 Å². The van der Waals surface area contributed by atoms with Crippen LogP contribution < -0.4 is 5.32 Å². The first kappa shape index (κ1) is 16.6. The SMILES string of the molecule is CC(C)c1nnc(CNC(=O)c2n[nH]c3c2C[C@H](C)O[C@@H]3C)n1C. The highest BCUT2D eigenvalue weighted by Gasteiger charge is 2.29. The van der Waals surface area contributed by atoms with E-state index in [0.717, 1.165) is 22.9 Å². The summed E-state index contributed by atoms with van der Waals surface area (Å²) in [5, 5.41) is 18.3. The zero-order chi connectivity index (χ0) is 17.4. The normalized spacial score (nSPS) is 20.2. The summed E-state index contributed by atoms with van der Waals surface area (Å²) in [6, 6.07) is 0. The number of ether oxygens (including phenoxy) is 1. The van der Waals surface area contributed by atoms with Gasteiger partial charge in [-0.3, -0.25) is 9.89 Å². The standard InChI is InChI=1S/C16H24N6O2/c1-8(2)15-21-18-12(22(15)5)7-17-16(23)14-11-6-9(3)24-10(4)13(11)19-20-14/h8-10H,6-7H2,1-5H3,(H,17,23)(H,19,20)/t9-,10+/m0/s1. The maximum Gasteiger partial charge on any atom is 0.272 e. The van der Waals surface area contributed by atoms with E-state index >= 15 is 0 Å². The third kappa shape index (κ3) is 2.93. The lowest BCUT2D eigenvalue weighted by Crippen LogP contribution is -2.28. The molecule has 2 aromatic heterocycles. The van der Waals surface area contributed by atoms with Crippen molar-refractivity contribution in [2.75, 3.05) is 0 Å². The van der Waals surface area contributed by atoms with E-state index in [-0.39, 0.29) is 24.0 Å². The first-order chi connectivity index (χ1) is 11.4. The summed E-state index contributed by atoms with van der Waals surface area (Å²) in [5.41, 5.74) is 2.27. The summed E-state index contributed by atoms with van der Waals surface area (Å²) in [6.07, 6.45) is 0.676. The Labute approximate surface area is 141 Å². The minimum Gasteiger partial charge on any atom is -0.369 e. The number of hydrogen-bond donors (Lipinski definition) is 2. The van der Waals surface area contributed by atoms with E-state index in [2.05, 4.69) is 39.6 Å². The lowest BCUT2D eigenvalue weighted by Gasteiger charge is -2.25. The Balaban J connectivity index is 1.73. The number of amides is 1. The van der Waals surface area contributed by atoms with E-state index in [0.29, 0.717) is 18.7 Å². The van der Waals surface area contributed by atoms with E-state index in [1.54, 1.807) is 0 Å². The number of nitrogens with one attached hydrogen (secondary N) is 2. The first-order valence-electron chi connectivity index (χ1n) is 8.27. The average Bonchev–Trinajstić information content (AvgIpc) is 3.08. The molecule has 2 atom stereocenters. The number of carbonyl (C=O) groups is 1. The number of rotatable bonds is 4. The van der Waals surface area contributed by atoms with Gasteiger partial charge in [-0.05, 0) is 13.8 Å². The van der Waals surface area contributed by atoms with Gasteiger partial charge in [0.1, 0.15) is 5.82 Å². The van der Waals surface area contributed by atoms with Crippen LogP contribution in [0.15, 0.2) is 0 Å². The molecule has 0 fully saturated rings. The molecule has 8 nitrogen and oxygen atoms in total. The molecule has 1 aliphatic heterocycles. The Hall–Kier alpha value is -2.22. The van der Waals surface area contributed by atoms with Crippen LogP contribution in [0.5, 0.6) is 0 Å². The molecule has 0 radical (unpaired) electrons. The van der Waals surface area contributed by atoms with Crippen molar-refractivity contribution in [2.45, 2.75) is 58.8 Å². The van der Waals surface area contributed by atoms with E-state index in [4.69, 9.17) is 4.74 Å². The predicted octanol–water partition coefficient (Wildman–Crippen LogP) is 1.61. The molecular formula is C16H24N6O2. The van der Waals surface area contributed by atoms with Crippen molar-refractivity contribution < 1.29 is 9.53 Å². The molecule has 0 aromatic carbocycles. The van der Waals surface area contributed by atoms with Crippen molar-refractivity contribution in [1.29, 1.82) is 0 Å². The van der Waals surface area contributed by atoms with Gasteiger partial charge in [0.2, 0.25) is 0 Å².